The molecule has 1 aromatic rings. The van der Waals surface area contributed by atoms with Gasteiger partial charge >= 0.3 is 0 Å². The van der Waals surface area contributed by atoms with Gasteiger partial charge in [0, 0.05) is 18.3 Å². The van der Waals surface area contributed by atoms with E-state index in [0.29, 0.717) is 18.5 Å². The lowest BCUT2D eigenvalue weighted by atomic mass is 9.84. The van der Waals surface area contributed by atoms with Crippen LogP contribution in [0, 0.1) is 19.8 Å². The zero-order chi connectivity index (χ0) is 14.8. The van der Waals surface area contributed by atoms with Crippen LogP contribution in [0.1, 0.15) is 51.3 Å². The fourth-order valence-electron chi connectivity index (χ4n) is 2.31. The number of benzene rings is 1. The molecule has 0 spiro atoms. The zero-order valence-corrected chi connectivity index (χ0v) is 13.6. The lowest BCUT2D eigenvalue weighted by molar-refractivity contribution is 0.531. The molecule has 0 aliphatic heterocycles. The molecular weight excluding hydrogens is 232 g/mol. The largest absolute Gasteiger partial charge is 0.380 e. The van der Waals surface area contributed by atoms with E-state index in [1.165, 1.54) is 22.4 Å². The highest BCUT2D eigenvalue weighted by Gasteiger charge is 2.18. The standard InChI is InChI=1S/C17H30N2/c1-11(2)15(10-18)19-16-12(3)8-14(9-13(16)4)17(5,6)7/h8-9,11,15,19H,10,18H2,1-7H3. The molecule has 3 N–H and O–H groups in total. The van der Waals surface area contributed by atoms with Crippen molar-refractivity contribution in [3.8, 4) is 0 Å². The van der Waals surface area contributed by atoms with E-state index in [1.807, 2.05) is 0 Å². The van der Waals surface area contributed by atoms with Crippen molar-refractivity contribution < 1.29 is 0 Å². The molecule has 0 aromatic heterocycles. The van der Waals surface area contributed by atoms with Crippen LogP contribution in [0.4, 0.5) is 5.69 Å². The van der Waals surface area contributed by atoms with E-state index in [2.05, 4.69) is 65.9 Å². The Morgan fingerprint density at radius 3 is 1.89 bits per heavy atom. The Balaban J connectivity index is 3.11. The minimum absolute atomic E-state index is 0.194. The number of anilines is 1. The van der Waals surface area contributed by atoms with Crippen LogP contribution in [0.5, 0.6) is 0 Å². The molecule has 1 aromatic carbocycles. The second kappa shape index (κ2) is 5.96. The Bertz CT molecular complexity index is 404. The van der Waals surface area contributed by atoms with Gasteiger partial charge in [-0.25, -0.2) is 0 Å². The van der Waals surface area contributed by atoms with Crippen molar-refractivity contribution in [1.82, 2.24) is 0 Å². The Morgan fingerprint density at radius 1 is 1.11 bits per heavy atom. The average Bonchev–Trinajstić information content (AvgIpc) is 2.26. The van der Waals surface area contributed by atoms with Gasteiger partial charge < -0.3 is 11.1 Å². The van der Waals surface area contributed by atoms with Crippen molar-refractivity contribution in [2.24, 2.45) is 11.7 Å². The molecule has 1 unspecified atom stereocenters. The second-order valence-corrected chi connectivity index (χ2v) is 6.97. The summed E-state index contributed by atoms with van der Waals surface area (Å²) in [7, 11) is 0. The Hall–Kier alpha value is -1.02. The number of hydrogen-bond donors (Lipinski definition) is 2. The van der Waals surface area contributed by atoms with Gasteiger partial charge in [-0.15, -0.1) is 0 Å². The number of nitrogens with two attached hydrogens (primary N) is 1. The lowest BCUT2D eigenvalue weighted by Gasteiger charge is -2.27. The van der Waals surface area contributed by atoms with Crippen LogP contribution in [0.15, 0.2) is 12.1 Å². The summed E-state index contributed by atoms with van der Waals surface area (Å²) < 4.78 is 0. The maximum absolute atomic E-state index is 5.86. The number of hydrogen-bond acceptors (Lipinski definition) is 2. The molecule has 0 saturated heterocycles. The molecule has 0 bridgehead atoms. The summed E-state index contributed by atoms with van der Waals surface area (Å²) in [6.45, 7) is 16.2. The summed E-state index contributed by atoms with van der Waals surface area (Å²) in [6.07, 6.45) is 0. The molecule has 0 amide bonds. The predicted molar refractivity (Wildman–Crippen MR) is 85.9 cm³/mol. The molecule has 0 fully saturated rings. The number of aryl methyl sites for hydroxylation is 2. The third-order valence-electron chi connectivity index (χ3n) is 3.79. The summed E-state index contributed by atoms with van der Waals surface area (Å²) in [5.41, 5.74) is 11.3. The van der Waals surface area contributed by atoms with Gasteiger partial charge in [0.05, 0.1) is 0 Å². The summed E-state index contributed by atoms with van der Waals surface area (Å²) in [5.74, 6) is 0.533. The van der Waals surface area contributed by atoms with Crippen molar-refractivity contribution in [1.29, 1.82) is 0 Å². The fourth-order valence-corrected chi connectivity index (χ4v) is 2.31. The third kappa shape index (κ3) is 3.97. The first-order valence-electron chi connectivity index (χ1n) is 7.25. The van der Waals surface area contributed by atoms with Crippen molar-refractivity contribution in [3.05, 3.63) is 28.8 Å². The molecule has 19 heavy (non-hydrogen) atoms. The minimum Gasteiger partial charge on any atom is -0.380 e. The molecular formula is C17H30N2. The molecule has 0 aliphatic carbocycles. The molecule has 0 saturated carbocycles. The molecule has 0 heterocycles. The van der Waals surface area contributed by atoms with E-state index in [4.69, 9.17) is 5.73 Å². The van der Waals surface area contributed by atoms with E-state index < -0.39 is 0 Å². The van der Waals surface area contributed by atoms with Gasteiger partial charge in [0.15, 0.2) is 0 Å². The highest BCUT2D eigenvalue weighted by molar-refractivity contribution is 5.59. The first kappa shape index (κ1) is 16.0. The highest BCUT2D eigenvalue weighted by Crippen LogP contribution is 2.30. The van der Waals surface area contributed by atoms with Gasteiger partial charge in [0.1, 0.15) is 0 Å². The quantitative estimate of drug-likeness (QED) is 0.861. The maximum Gasteiger partial charge on any atom is 0.0406 e. The topological polar surface area (TPSA) is 38.0 Å². The normalized spacial score (nSPS) is 13.7. The van der Waals surface area contributed by atoms with Crippen molar-refractivity contribution in [3.63, 3.8) is 0 Å². The zero-order valence-electron chi connectivity index (χ0n) is 13.6. The van der Waals surface area contributed by atoms with E-state index in [1.54, 1.807) is 0 Å². The van der Waals surface area contributed by atoms with Crippen LogP contribution >= 0.6 is 0 Å². The Labute approximate surface area is 118 Å². The van der Waals surface area contributed by atoms with Gasteiger partial charge in [-0.3, -0.25) is 0 Å². The average molecular weight is 262 g/mol. The van der Waals surface area contributed by atoms with E-state index >= 15 is 0 Å². The number of nitrogens with one attached hydrogen (secondary N) is 1. The van der Waals surface area contributed by atoms with Crippen LogP contribution in [-0.2, 0) is 5.41 Å². The van der Waals surface area contributed by atoms with Gasteiger partial charge in [-0.05, 0) is 41.9 Å². The predicted octanol–water partition coefficient (Wildman–Crippen LogP) is 4.00. The van der Waals surface area contributed by atoms with Crippen LogP contribution in [0.2, 0.25) is 0 Å². The van der Waals surface area contributed by atoms with E-state index in [0.717, 1.165) is 0 Å². The summed E-state index contributed by atoms with van der Waals surface area (Å²) in [5, 5.41) is 3.62. The van der Waals surface area contributed by atoms with Crippen LogP contribution in [-0.4, -0.2) is 12.6 Å². The van der Waals surface area contributed by atoms with Crippen molar-refractivity contribution >= 4 is 5.69 Å². The molecule has 1 rings (SSSR count). The van der Waals surface area contributed by atoms with Crippen molar-refractivity contribution in [2.45, 2.75) is 59.9 Å². The van der Waals surface area contributed by atoms with Gasteiger partial charge in [0.25, 0.3) is 0 Å². The van der Waals surface area contributed by atoms with Crippen molar-refractivity contribution in [2.75, 3.05) is 11.9 Å². The molecule has 2 nitrogen and oxygen atoms in total. The molecule has 1 atom stereocenters. The highest BCUT2D eigenvalue weighted by atomic mass is 14.9. The molecule has 0 aliphatic rings. The molecule has 108 valence electrons. The number of rotatable bonds is 4. The third-order valence-corrected chi connectivity index (χ3v) is 3.79. The van der Waals surface area contributed by atoms with Crippen LogP contribution < -0.4 is 11.1 Å². The lowest BCUT2D eigenvalue weighted by Crippen LogP contribution is -2.34. The maximum atomic E-state index is 5.86. The SMILES string of the molecule is Cc1cc(C(C)(C)C)cc(C)c1NC(CN)C(C)C. The van der Waals surface area contributed by atoms with Gasteiger partial charge in [-0.1, -0.05) is 46.8 Å². The smallest absolute Gasteiger partial charge is 0.0406 e. The summed E-state index contributed by atoms with van der Waals surface area (Å²) >= 11 is 0. The molecule has 0 radical (unpaired) electrons. The summed E-state index contributed by atoms with van der Waals surface area (Å²) in [4.78, 5) is 0. The Kier molecular flexibility index (Phi) is 5.03. The fraction of sp³-hybridized carbons (Fsp3) is 0.647. The van der Waals surface area contributed by atoms with Gasteiger partial charge in [0.2, 0.25) is 0 Å². The Morgan fingerprint density at radius 2 is 1.58 bits per heavy atom. The van der Waals surface area contributed by atoms with Crippen LogP contribution in [0.3, 0.4) is 0 Å². The monoisotopic (exact) mass is 262 g/mol. The molecule has 2 heteroatoms. The first-order chi connectivity index (χ1) is 8.66. The minimum atomic E-state index is 0.194. The summed E-state index contributed by atoms with van der Waals surface area (Å²) in [6, 6.07) is 4.92. The second-order valence-electron chi connectivity index (χ2n) is 6.97. The van der Waals surface area contributed by atoms with Gasteiger partial charge in [-0.2, -0.15) is 0 Å². The first-order valence-corrected chi connectivity index (χ1v) is 7.25. The van der Waals surface area contributed by atoms with E-state index in [9.17, 15) is 0 Å². The van der Waals surface area contributed by atoms with E-state index in [-0.39, 0.29) is 5.41 Å². The van der Waals surface area contributed by atoms with Crippen LogP contribution in [0.25, 0.3) is 0 Å².